The number of hydrogen-bond donors (Lipinski definition) is 2. The molecular formula is C16H10F2N4. The Labute approximate surface area is 123 Å². The minimum atomic E-state index is -0.892. The van der Waals surface area contributed by atoms with Crippen molar-refractivity contribution in [1.82, 2.24) is 20.2 Å². The zero-order valence-corrected chi connectivity index (χ0v) is 11.3. The maximum absolute atomic E-state index is 13.4. The van der Waals surface area contributed by atoms with Crippen LogP contribution >= 0.6 is 0 Å². The highest BCUT2D eigenvalue weighted by molar-refractivity contribution is 5.86. The van der Waals surface area contributed by atoms with E-state index in [9.17, 15) is 8.78 Å². The van der Waals surface area contributed by atoms with Crippen LogP contribution in [0.1, 0.15) is 0 Å². The van der Waals surface area contributed by atoms with Crippen LogP contribution in [0, 0.1) is 11.6 Å². The first-order valence-electron chi connectivity index (χ1n) is 6.64. The van der Waals surface area contributed by atoms with E-state index in [1.165, 1.54) is 12.4 Å². The fourth-order valence-electron chi connectivity index (χ4n) is 2.47. The largest absolute Gasteiger partial charge is 0.344 e. The van der Waals surface area contributed by atoms with E-state index in [4.69, 9.17) is 0 Å². The predicted molar refractivity (Wildman–Crippen MR) is 79.0 cm³/mol. The smallest absolute Gasteiger partial charge is 0.159 e. The fraction of sp³-hybridized carbons (Fsp3) is 0. The Kier molecular flexibility index (Phi) is 2.75. The molecule has 2 aromatic carbocycles. The summed E-state index contributed by atoms with van der Waals surface area (Å²) in [5.74, 6) is -1.77. The number of rotatable bonds is 2. The van der Waals surface area contributed by atoms with Crippen molar-refractivity contribution in [2.75, 3.05) is 0 Å². The predicted octanol–water partition coefficient (Wildman–Crippen LogP) is 3.90. The molecule has 6 heteroatoms. The standard InChI is InChI=1S/C16H10F2N4/c17-12-3-1-10(6-13(12)18)16-15(19-8-20-16)9-2-4-14-11(5-9)7-21-22-14/h1-8H,(H,19,20)(H,21,22). The molecule has 0 fully saturated rings. The monoisotopic (exact) mass is 296 g/mol. The van der Waals surface area contributed by atoms with Gasteiger partial charge in [0.2, 0.25) is 0 Å². The molecule has 0 radical (unpaired) electrons. The minimum absolute atomic E-state index is 0.516. The molecule has 2 N–H and O–H groups in total. The molecule has 0 aliphatic heterocycles. The van der Waals surface area contributed by atoms with Crippen LogP contribution < -0.4 is 0 Å². The third-order valence-electron chi connectivity index (χ3n) is 3.56. The first-order chi connectivity index (χ1) is 10.7. The van der Waals surface area contributed by atoms with Crippen molar-refractivity contribution in [2.45, 2.75) is 0 Å². The summed E-state index contributed by atoms with van der Waals surface area (Å²) < 4.78 is 26.5. The van der Waals surface area contributed by atoms with Gasteiger partial charge in [0.1, 0.15) is 0 Å². The summed E-state index contributed by atoms with van der Waals surface area (Å²) in [6.45, 7) is 0. The maximum Gasteiger partial charge on any atom is 0.159 e. The lowest BCUT2D eigenvalue weighted by Gasteiger charge is -2.04. The molecule has 0 saturated heterocycles. The van der Waals surface area contributed by atoms with E-state index in [-0.39, 0.29) is 0 Å². The van der Waals surface area contributed by atoms with Gasteiger partial charge in [0, 0.05) is 16.5 Å². The summed E-state index contributed by atoms with van der Waals surface area (Å²) in [7, 11) is 0. The molecule has 0 amide bonds. The summed E-state index contributed by atoms with van der Waals surface area (Å²) in [6.07, 6.45) is 3.26. The molecule has 0 atom stereocenters. The molecule has 0 spiro atoms. The van der Waals surface area contributed by atoms with Gasteiger partial charge in [0.15, 0.2) is 11.6 Å². The average Bonchev–Trinajstić information content (AvgIpc) is 3.17. The number of imidazole rings is 1. The Bertz CT molecular complexity index is 971. The lowest BCUT2D eigenvalue weighted by Crippen LogP contribution is -1.88. The van der Waals surface area contributed by atoms with Crippen molar-refractivity contribution >= 4 is 10.9 Å². The second kappa shape index (κ2) is 4.77. The summed E-state index contributed by atoms with van der Waals surface area (Å²) in [4.78, 5) is 7.29. The van der Waals surface area contributed by atoms with Crippen LogP contribution in [0.5, 0.6) is 0 Å². The molecule has 4 aromatic rings. The van der Waals surface area contributed by atoms with Crippen LogP contribution in [-0.2, 0) is 0 Å². The topological polar surface area (TPSA) is 57.4 Å². The summed E-state index contributed by atoms with van der Waals surface area (Å²) >= 11 is 0. The number of aromatic amines is 2. The van der Waals surface area contributed by atoms with E-state index < -0.39 is 11.6 Å². The van der Waals surface area contributed by atoms with Crippen molar-refractivity contribution < 1.29 is 8.78 Å². The zero-order valence-electron chi connectivity index (χ0n) is 11.3. The number of halogens is 2. The highest BCUT2D eigenvalue weighted by Gasteiger charge is 2.13. The maximum atomic E-state index is 13.4. The van der Waals surface area contributed by atoms with Crippen molar-refractivity contribution in [3.63, 3.8) is 0 Å². The number of fused-ring (bicyclic) bond motifs is 1. The highest BCUT2D eigenvalue weighted by atomic mass is 19.2. The number of hydrogen-bond acceptors (Lipinski definition) is 2. The Morgan fingerprint density at radius 2 is 1.77 bits per heavy atom. The van der Waals surface area contributed by atoms with E-state index in [0.717, 1.165) is 34.3 Å². The Morgan fingerprint density at radius 1 is 0.909 bits per heavy atom. The van der Waals surface area contributed by atoms with Crippen molar-refractivity contribution in [3.8, 4) is 22.5 Å². The quantitative estimate of drug-likeness (QED) is 0.589. The summed E-state index contributed by atoms with van der Waals surface area (Å²) in [5.41, 5.74) is 3.65. The molecule has 4 nitrogen and oxygen atoms in total. The second-order valence-corrected chi connectivity index (χ2v) is 4.93. The van der Waals surface area contributed by atoms with Gasteiger partial charge in [-0.1, -0.05) is 6.07 Å². The first-order valence-corrected chi connectivity index (χ1v) is 6.64. The molecule has 2 heterocycles. The van der Waals surface area contributed by atoms with Crippen molar-refractivity contribution in [1.29, 1.82) is 0 Å². The van der Waals surface area contributed by atoms with Gasteiger partial charge in [0.05, 0.1) is 29.4 Å². The average molecular weight is 296 g/mol. The van der Waals surface area contributed by atoms with E-state index in [2.05, 4.69) is 20.2 Å². The van der Waals surface area contributed by atoms with Gasteiger partial charge in [-0.15, -0.1) is 0 Å². The van der Waals surface area contributed by atoms with Crippen LogP contribution in [-0.4, -0.2) is 20.2 Å². The molecule has 0 saturated carbocycles. The first kappa shape index (κ1) is 12.7. The SMILES string of the molecule is Fc1ccc(-c2nc[nH]c2-c2ccc3[nH]ncc3c2)cc1F. The van der Waals surface area contributed by atoms with E-state index in [1.807, 2.05) is 18.2 Å². The Balaban J connectivity index is 1.86. The number of nitrogens with one attached hydrogen (secondary N) is 2. The fourth-order valence-corrected chi connectivity index (χ4v) is 2.47. The number of H-pyrrole nitrogens is 2. The van der Waals surface area contributed by atoms with Gasteiger partial charge in [-0.05, 0) is 30.3 Å². The number of nitrogens with zero attached hydrogens (tertiary/aromatic N) is 2. The normalized spacial score (nSPS) is 11.2. The zero-order chi connectivity index (χ0) is 15.1. The van der Waals surface area contributed by atoms with E-state index in [1.54, 1.807) is 6.20 Å². The Morgan fingerprint density at radius 3 is 2.64 bits per heavy atom. The van der Waals surface area contributed by atoms with Crippen LogP contribution in [0.15, 0.2) is 48.9 Å². The van der Waals surface area contributed by atoms with E-state index in [0.29, 0.717) is 11.3 Å². The third kappa shape index (κ3) is 1.96. The van der Waals surface area contributed by atoms with Gasteiger partial charge in [-0.25, -0.2) is 13.8 Å². The van der Waals surface area contributed by atoms with Gasteiger partial charge < -0.3 is 4.98 Å². The van der Waals surface area contributed by atoms with Crippen LogP contribution in [0.25, 0.3) is 33.4 Å². The molecule has 0 aliphatic rings. The molecule has 0 unspecified atom stereocenters. The minimum Gasteiger partial charge on any atom is -0.344 e. The molecule has 0 bridgehead atoms. The Hall–Kier alpha value is -3.02. The molecular weight excluding hydrogens is 286 g/mol. The van der Waals surface area contributed by atoms with Gasteiger partial charge in [-0.2, -0.15) is 5.10 Å². The lowest BCUT2D eigenvalue weighted by atomic mass is 10.0. The molecule has 2 aromatic heterocycles. The van der Waals surface area contributed by atoms with Crippen LogP contribution in [0.2, 0.25) is 0 Å². The third-order valence-corrected chi connectivity index (χ3v) is 3.56. The number of aromatic nitrogens is 4. The number of benzene rings is 2. The van der Waals surface area contributed by atoms with Crippen molar-refractivity contribution in [2.24, 2.45) is 0 Å². The summed E-state index contributed by atoms with van der Waals surface area (Å²) in [5, 5.41) is 7.83. The van der Waals surface area contributed by atoms with E-state index >= 15 is 0 Å². The molecule has 22 heavy (non-hydrogen) atoms. The molecule has 0 aliphatic carbocycles. The van der Waals surface area contributed by atoms with Crippen molar-refractivity contribution in [3.05, 3.63) is 60.6 Å². The van der Waals surface area contributed by atoms with Crippen LogP contribution in [0.3, 0.4) is 0 Å². The molecule has 4 rings (SSSR count). The lowest BCUT2D eigenvalue weighted by molar-refractivity contribution is 0.509. The van der Waals surface area contributed by atoms with Gasteiger partial charge >= 0.3 is 0 Å². The molecule has 108 valence electrons. The van der Waals surface area contributed by atoms with Crippen LogP contribution in [0.4, 0.5) is 8.78 Å². The van der Waals surface area contributed by atoms with Gasteiger partial charge in [0.25, 0.3) is 0 Å². The second-order valence-electron chi connectivity index (χ2n) is 4.93. The summed E-state index contributed by atoms with van der Waals surface area (Å²) in [6, 6.07) is 9.53. The highest BCUT2D eigenvalue weighted by Crippen LogP contribution is 2.31. The van der Waals surface area contributed by atoms with Gasteiger partial charge in [-0.3, -0.25) is 5.10 Å².